The largest absolute Gasteiger partial charge is 0.460 e. The van der Waals surface area contributed by atoms with E-state index >= 15 is 0 Å². The van der Waals surface area contributed by atoms with E-state index in [0.29, 0.717) is 5.92 Å². The van der Waals surface area contributed by atoms with Crippen LogP contribution in [0.2, 0.25) is 0 Å². The van der Waals surface area contributed by atoms with E-state index in [4.69, 9.17) is 4.74 Å². The Morgan fingerprint density at radius 3 is 2.00 bits per heavy atom. The number of rotatable bonds is 2. The first-order chi connectivity index (χ1) is 10.2. The van der Waals surface area contributed by atoms with E-state index in [1.165, 1.54) is 45.2 Å². The van der Waals surface area contributed by atoms with Crippen molar-refractivity contribution in [3.8, 4) is 0 Å². The Bertz CT molecular complexity index is 417. The Morgan fingerprint density at radius 2 is 1.52 bits per heavy atom. The van der Waals surface area contributed by atoms with Crippen LogP contribution >= 0.6 is 0 Å². The second-order valence-electron chi connectivity index (χ2n) is 8.78. The maximum atomic E-state index is 13.0. The molecule has 0 amide bonds. The lowest BCUT2D eigenvalue weighted by atomic mass is 9.49. The zero-order valence-electron chi connectivity index (χ0n) is 12.9. The van der Waals surface area contributed by atoms with Crippen LogP contribution in [0.4, 0.5) is 0 Å². The zero-order chi connectivity index (χ0) is 14.0. The van der Waals surface area contributed by atoms with E-state index in [9.17, 15) is 4.79 Å². The molecule has 3 nitrogen and oxygen atoms in total. The summed E-state index contributed by atoms with van der Waals surface area (Å²) < 4.78 is 6.13. The van der Waals surface area contributed by atoms with Crippen molar-refractivity contribution in [3.05, 3.63) is 0 Å². The van der Waals surface area contributed by atoms with Gasteiger partial charge in [0, 0.05) is 6.54 Å². The van der Waals surface area contributed by atoms with E-state index in [2.05, 4.69) is 4.90 Å². The number of fused-ring (bicyclic) bond motifs is 3. The molecule has 4 aliphatic carbocycles. The van der Waals surface area contributed by atoms with Crippen LogP contribution in [0, 0.1) is 29.1 Å². The summed E-state index contributed by atoms with van der Waals surface area (Å²) in [7, 11) is 0. The van der Waals surface area contributed by atoms with Crippen molar-refractivity contribution in [1.29, 1.82) is 0 Å². The fraction of sp³-hybridized carbons (Fsp3) is 0.944. The zero-order valence-corrected chi connectivity index (χ0v) is 12.9. The Morgan fingerprint density at radius 1 is 0.952 bits per heavy atom. The molecule has 116 valence electrons. The predicted molar refractivity (Wildman–Crippen MR) is 79.6 cm³/mol. The van der Waals surface area contributed by atoms with Gasteiger partial charge in [-0.1, -0.05) is 0 Å². The molecule has 0 N–H and O–H groups in total. The summed E-state index contributed by atoms with van der Waals surface area (Å²) in [5, 5.41) is 0. The monoisotopic (exact) mass is 289 g/mol. The molecule has 1 atom stereocenters. The molecule has 0 aromatic carbocycles. The molecule has 3 heterocycles. The maximum absolute atomic E-state index is 13.0. The summed E-state index contributed by atoms with van der Waals surface area (Å²) in [6.07, 6.45) is 10.3. The summed E-state index contributed by atoms with van der Waals surface area (Å²) in [5.74, 6) is 3.33. The molecule has 6 bridgehead atoms. The van der Waals surface area contributed by atoms with Gasteiger partial charge in [-0.05, 0) is 88.1 Å². The third kappa shape index (κ3) is 1.99. The lowest BCUT2D eigenvalue weighted by molar-refractivity contribution is -0.185. The van der Waals surface area contributed by atoms with Gasteiger partial charge in [0.15, 0.2) is 0 Å². The molecule has 0 aromatic heterocycles. The van der Waals surface area contributed by atoms with E-state index in [1.54, 1.807) is 0 Å². The number of piperidine rings is 3. The van der Waals surface area contributed by atoms with Gasteiger partial charge in [-0.15, -0.1) is 0 Å². The van der Waals surface area contributed by atoms with Gasteiger partial charge in [0.2, 0.25) is 0 Å². The van der Waals surface area contributed by atoms with Crippen molar-refractivity contribution in [1.82, 2.24) is 4.90 Å². The maximum Gasteiger partial charge on any atom is 0.312 e. The van der Waals surface area contributed by atoms with Crippen molar-refractivity contribution in [3.63, 3.8) is 0 Å². The van der Waals surface area contributed by atoms with Crippen LogP contribution in [-0.2, 0) is 9.53 Å². The van der Waals surface area contributed by atoms with Crippen molar-refractivity contribution in [2.45, 2.75) is 57.5 Å². The first kappa shape index (κ1) is 12.9. The highest BCUT2D eigenvalue weighted by atomic mass is 16.5. The van der Waals surface area contributed by atoms with Crippen LogP contribution in [0.25, 0.3) is 0 Å². The van der Waals surface area contributed by atoms with Gasteiger partial charge in [-0.25, -0.2) is 0 Å². The predicted octanol–water partition coefficient (Wildman–Crippen LogP) is 2.84. The van der Waals surface area contributed by atoms with Crippen LogP contribution in [0.5, 0.6) is 0 Å². The van der Waals surface area contributed by atoms with E-state index < -0.39 is 0 Å². The number of carbonyl (C=O) groups excluding carboxylic acids is 1. The van der Waals surface area contributed by atoms with Crippen LogP contribution in [0.1, 0.15) is 51.4 Å². The van der Waals surface area contributed by atoms with Crippen molar-refractivity contribution in [2.75, 3.05) is 19.6 Å². The van der Waals surface area contributed by atoms with Gasteiger partial charge in [0.05, 0.1) is 5.41 Å². The smallest absolute Gasteiger partial charge is 0.312 e. The van der Waals surface area contributed by atoms with Crippen LogP contribution in [0.3, 0.4) is 0 Å². The van der Waals surface area contributed by atoms with Gasteiger partial charge in [-0.2, -0.15) is 0 Å². The van der Waals surface area contributed by atoms with Crippen LogP contribution in [-0.4, -0.2) is 36.6 Å². The molecule has 0 unspecified atom stereocenters. The molecule has 4 saturated carbocycles. The molecule has 21 heavy (non-hydrogen) atoms. The summed E-state index contributed by atoms with van der Waals surface area (Å²) in [6, 6.07) is 0. The highest BCUT2D eigenvalue weighted by Gasteiger charge is 2.56. The number of nitrogens with zero attached hydrogens (tertiary/aromatic N) is 1. The van der Waals surface area contributed by atoms with E-state index in [0.717, 1.165) is 43.6 Å². The molecule has 0 radical (unpaired) electrons. The lowest BCUT2D eigenvalue weighted by Gasteiger charge is -2.55. The molecule has 0 spiro atoms. The molecule has 0 aromatic rings. The minimum atomic E-state index is -0.0687. The van der Waals surface area contributed by atoms with Gasteiger partial charge in [0.1, 0.15) is 6.10 Å². The lowest BCUT2D eigenvalue weighted by Crippen LogP contribution is -2.55. The fourth-order valence-corrected chi connectivity index (χ4v) is 6.67. The third-order valence-corrected chi connectivity index (χ3v) is 7.33. The van der Waals surface area contributed by atoms with Gasteiger partial charge in [0.25, 0.3) is 0 Å². The van der Waals surface area contributed by atoms with Gasteiger partial charge >= 0.3 is 5.97 Å². The molecule has 7 fully saturated rings. The SMILES string of the molecule is O=C(O[C@@H]1CN2CCC1CC2)C12CC3CC(CC(C3)C1)C2. The number of carbonyl (C=O) groups is 1. The normalized spacial score (nSPS) is 53.9. The Hall–Kier alpha value is -0.570. The summed E-state index contributed by atoms with van der Waals surface area (Å²) in [6.45, 7) is 3.44. The number of esters is 1. The average molecular weight is 289 g/mol. The molecule has 3 aliphatic heterocycles. The topological polar surface area (TPSA) is 29.5 Å². The molecular formula is C18H27NO2. The van der Waals surface area contributed by atoms with Crippen molar-refractivity contribution >= 4 is 5.97 Å². The van der Waals surface area contributed by atoms with Crippen molar-refractivity contribution < 1.29 is 9.53 Å². The molecule has 3 saturated heterocycles. The number of hydrogen-bond donors (Lipinski definition) is 0. The van der Waals surface area contributed by atoms with E-state index in [-0.39, 0.29) is 17.5 Å². The highest BCUT2D eigenvalue weighted by molar-refractivity contribution is 5.77. The second-order valence-corrected chi connectivity index (χ2v) is 8.78. The first-order valence-electron chi connectivity index (χ1n) is 9.14. The summed E-state index contributed by atoms with van der Waals surface area (Å²) in [4.78, 5) is 15.5. The average Bonchev–Trinajstić information content (AvgIpc) is 2.47. The quantitative estimate of drug-likeness (QED) is 0.732. The molecular weight excluding hydrogens is 262 g/mol. The van der Waals surface area contributed by atoms with Crippen LogP contribution < -0.4 is 0 Å². The van der Waals surface area contributed by atoms with Gasteiger partial charge in [-0.3, -0.25) is 9.69 Å². The minimum absolute atomic E-state index is 0.0687. The third-order valence-electron chi connectivity index (χ3n) is 7.33. The number of hydrogen-bond acceptors (Lipinski definition) is 3. The Balaban J connectivity index is 1.32. The second kappa shape index (κ2) is 4.47. The Labute approximate surface area is 127 Å². The van der Waals surface area contributed by atoms with Crippen LogP contribution in [0.15, 0.2) is 0 Å². The minimum Gasteiger partial charge on any atom is -0.460 e. The summed E-state index contributed by atoms with van der Waals surface area (Å²) in [5.41, 5.74) is -0.0687. The fourth-order valence-electron chi connectivity index (χ4n) is 6.67. The van der Waals surface area contributed by atoms with Crippen molar-refractivity contribution in [2.24, 2.45) is 29.1 Å². The first-order valence-corrected chi connectivity index (χ1v) is 9.14. The van der Waals surface area contributed by atoms with Gasteiger partial charge < -0.3 is 4.74 Å². The standard InChI is InChI=1S/C18H27NO2/c20-17(21-16-11-19-3-1-15(16)2-4-19)18-8-12-5-13(9-18)7-14(6-12)10-18/h12-16H,1-11H2/t12?,13?,14?,16-,18?/m1/s1. The Kier molecular flexibility index (Phi) is 2.75. The summed E-state index contributed by atoms with van der Waals surface area (Å²) >= 11 is 0. The highest BCUT2D eigenvalue weighted by Crippen LogP contribution is 2.60. The molecule has 7 rings (SSSR count). The molecule has 7 aliphatic rings. The molecule has 3 heteroatoms. The number of ether oxygens (including phenoxy) is 1. The van der Waals surface area contributed by atoms with E-state index in [1.807, 2.05) is 0 Å².